The molecule has 0 bridgehead atoms. The van der Waals surface area contributed by atoms with Gasteiger partial charge in [-0.2, -0.15) is 0 Å². The van der Waals surface area contributed by atoms with Crippen LogP contribution in [0.2, 0.25) is 0 Å². The van der Waals surface area contributed by atoms with E-state index >= 15 is 0 Å². The van der Waals surface area contributed by atoms with Crippen LogP contribution in [0.1, 0.15) is 6.42 Å². The van der Waals surface area contributed by atoms with E-state index in [-0.39, 0.29) is 23.9 Å². The smallest absolute Gasteiger partial charge is 0.370 e. The van der Waals surface area contributed by atoms with E-state index in [1.165, 1.54) is 0 Å². The number of hydrogen-bond donors (Lipinski definition) is 1. The van der Waals surface area contributed by atoms with Gasteiger partial charge < -0.3 is 5.73 Å². The molecule has 0 saturated heterocycles. The van der Waals surface area contributed by atoms with E-state index in [9.17, 15) is 13.2 Å². The van der Waals surface area contributed by atoms with E-state index in [0.717, 1.165) is 0 Å². The summed E-state index contributed by atoms with van der Waals surface area (Å²) in [5, 5.41) is 0. The maximum absolute atomic E-state index is 12.0. The minimum absolute atomic E-state index is 0. The minimum Gasteiger partial charge on any atom is -0.370 e. The lowest BCUT2D eigenvalue weighted by Gasteiger charge is -2.28. The summed E-state index contributed by atoms with van der Waals surface area (Å²) < 4.78 is 35.9. The second-order valence-corrected chi connectivity index (χ2v) is 2.21. The molecule has 0 unspecified atom stereocenters. The van der Waals surface area contributed by atoms with Crippen LogP contribution in [0, 0.1) is 0 Å². The molecule has 1 heterocycles. The van der Waals surface area contributed by atoms with Gasteiger partial charge in [-0.25, -0.2) is 0 Å². The first-order valence-corrected chi connectivity index (χ1v) is 3.16. The van der Waals surface area contributed by atoms with E-state index in [1.54, 1.807) is 0 Å². The number of nitrogens with zero attached hydrogens (tertiary/aromatic N) is 2. The molecule has 2 N–H and O–H groups in total. The average Bonchev–Trinajstić information content (AvgIpc) is 1.86. The van der Waals surface area contributed by atoms with Gasteiger partial charge >= 0.3 is 6.30 Å². The van der Waals surface area contributed by atoms with Gasteiger partial charge in [0.05, 0.1) is 0 Å². The SMILES string of the molecule is Cl.NC1=NCCCN1C(F)(F)F. The highest BCUT2D eigenvalue weighted by molar-refractivity contribution is 5.85. The van der Waals surface area contributed by atoms with Crippen molar-refractivity contribution in [2.75, 3.05) is 13.1 Å². The Kier molecular flexibility index (Phi) is 3.63. The third kappa shape index (κ3) is 2.44. The van der Waals surface area contributed by atoms with Crippen molar-refractivity contribution in [2.24, 2.45) is 10.7 Å². The summed E-state index contributed by atoms with van der Waals surface area (Å²) in [7, 11) is 0. The van der Waals surface area contributed by atoms with Gasteiger partial charge in [-0.05, 0) is 6.42 Å². The topological polar surface area (TPSA) is 41.6 Å². The van der Waals surface area contributed by atoms with Gasteiger partial charge in [-0.3, -0.25) is 9.89 Å². The highest BCUT2D eigenvalue weighted by atomic mass is 35.5. The Balaban J connectivity index is 0.00000121. The lowest BCUT2D eigenvalue weighted by molar-refractivity contribution is -0.219. The molecule has 0 fully saturated rings. The summed E-state index contributed by atoms with van der Waals surface area (Å²) in [4.78, 5) is 3.63. The summed E-state index contributed by atoms with van der Waals surface area (Å²) in [6, 6.07) is 0. The zero-order valence-corrected chi connectivity index (χ0v) is 6.95. The summed E-state index contributed by atoms with van der Waals surface area (Å²) in [5.74, 6) is -0.427. The summed E-state index contributed by atoms with van der Waals surface area (Å²) in [5.41, 5.74) is 5.02. The second-order valence-electron chi connectivity index (χ2n) is 2.21. The molecule has 7 heteroatoms. The zero-order valence-electron chi connectivity index (χ0n) is 6.14. The van der Waals surface area contributed by atoms with Crippen molar-refractivity contribution in [1.29, 1.82) is 0 Å². The first kappa shape index (κ1) is 11.4. The molecule has 1 rings (SSSR count). The van der Waals surface area contributed by atoms with Gasteiger partial charge in [0.1, 0.15) is 0 Å². The zero-order chi connectivity index (χ0) is 8.48. The first-order chi connectivity index (χ1) is 5.02. The Morgan fingerprint density at radius 3 is 2.33 bits per heavy atom. The van der Waals surface area contributed by atoms with Crippen molar-refractivity contribution < 1.29 is 13.2 Å². The fourth-order valence-corrected chi connectivity index (χ4v) is 0.879. The molecule has 0 amide bonds. The molecule has 0 aromatic rings. The van der Waals surface area contributed by atoms with Gasteiger partial charge in [-0.15, -0.1) is 25.6 Å². The number of hydrogen-bond acceptors (Lipinski definition) is 3. The van der Waals surface area contributed by atoms with Crippen LogP contribution in [0.3, 0.4) is 0 Å². The number of rotatable bonds is 0. The lowest BCUT2D eigenvalue weighted by Crippen LogP contribution is -2.49. The highest BCUT2D eigenvalue weighted by Gasteiger charge is 2.39. The van der Waals surface area contributed by atoms with Gasteiger partial charge in [0.2, 0.25) is 0 Å². The summed E-state index contributed by atoms with van der Waals surface area (Å²) in [6.45, 7) is 0.303. The molecule has 12 heavy (non-hydrogen) atoms. The molecule has 0 aromatic carbocycles. The van der Waals surface area contributed by atoms with Crippen LogP contribution < -0.4 is 5.73 Å². The predicted octanol–water partition coefficient (Wildman–Crippen LogP) is 0.948. The van der Waals surface area contributed by atoms with Crippen molar-refractivity contribution in [3.05, 3.63) is 0 Å². The highest BCUT2D eigenvalue weighted by Crippen LogP contribution is 2.22. The fraction of sp³-hybridized carbons (Fsp3) is 0.800. The molecule has 0 aliphatic carbocycles. The van der Waals surface area contributed by atoms with E-state index < -0.39 is 12.3 Å². The second kappa shape index (κ2) is 3.84. The summed E-state index contributed by atoms with van der Waals surface area (Å²) >= 11 is 0. The molecule has 3 nitrogen and oxygen atoms in total. The Morgan fingerprint density at radius 2 is 2.00 bits per heavy atom. The minimum atomic E-state index is -4.38. The molecule has 1 aliphatic rings. The average molecular weight is 204 g/mol. The first-order valence-electron chi connectivity index (χ1n) is 3.16. The third-order valence-corrected chi connectivity index (χ3v) is 1.40. The molecule has 0 radical (unpaired) electrons. The van der Waals surface area contributed by atoms with E-state index in [1.807, 2.05) is 0 Å². The quantitative estimate of drug-likeness (QED) is 0.596. The van der Waals surface area contributed by atoms with Crippen LogP contribution in [0.25, 0.3) is 0 Å². The maximum Gasteiger partial charge on any atom is 0.487 e. The van der Waals surface area contributed by atoms with Crippen LogP contribution in [0.15, 0.2) is 4.99 Å². The molecular weight excluding hydrogens is 195 g/mol. The van der Waals surface area contributed by atoms with Crippen molar-refractivity contribution in [1.82, 2.24) is 4.90 Å². The number of guanidine groups is 1. The Bertz CT molecular complexity index is 179. The van der Waals surface area contributed by atoms with Gasteiger partial charge in [-0.1, -0.05) is 0 Å². The Labute approximate surface area is 73.8 Å². The number of halogens is 4. The number of aliphatic imine (C=N–C) groups is 1. The molecule has 0 aromatic heterocycles. The predicted molar refractivity (Wildman–Crippen MR) is 41.1 cm³/mol. The van der Waals surface area contributed by atoms with Crippen molar-refractivity contribution in [2.45, 2.75) is 12.7 Å². The Hall–Kier alpha value is -0.650. The van der Waals surface area contributed by atoms with Gasteiger partial charge in [0.25, 0.3) is 0 Å². The molecule has 0 atom stereocenters. The van der Waals surface area contributed by atoms with Crippen LogP contribution in [0.4, 0.5) is 13.2 Å². The molecular formula is C5H9ClF3N3. The summed E-state index contributed by atoms with van der Waals surface area (Å²) in [6.07, 6.45) is -3.98. The van der Waals surface area contributed by atoms with Crippen LogP contribution >= 0.6 is 12.4 Å². The van der Waals surface area contributed by atoms with Crippen molar-refractivity contribution in [3.63, 3.8) is 0 Å². The fourth-order valence-electron chi connectivity index (χ4n) is 0.879. The number of alkyl halides is 3. The monoisotopic (exact) mass is 203 g/mol. The van der Waals surface area contributed by atoms with E-state index in [4.69, 9.17) is 5.73 Å². The van der Waals surface area contributed by atoms with Crippen LogP contribution in [-0.4, -0.2) is 30.2 Å². The van der Waals surface area contributed by atoms with Crippen LogP contribution in [0.5, 0.6) is 0 Å². The van der Waals surface area contributed by atoms with E-state index in [0.29, 0.717) is 13.0 Å². The largest absolute Gasteiger partial charge is 0.487 e. The van der Waals surface area contributed by atoms with Crippen molar-refractivity contribution in [3.8, 4) is 0 Å². The van der Waals surface area contributed by atoms with Crippen molar-refractivity contribution >= 4 is 18.4 Å². The lowest BCUT2D eigenvalue weighted by atomic mass is 10.3. The van der Waals surface area contributed by atoms with Gasteiger partial charge in [0.15, 0.2) is 5.96 Å². The normalized spacial score (nSPS) is 18.2. The Morgan fingerprint density at radius 1 is 1.42 bits per heavy atom. The molecule has 0 saturated carbocycles. The van der Waals surface area contributed by atoms with Gasteiger partial charge in [0, 0.05) is 13.1 Å². The third-order valence-electron chi connectivity index (χ3n) is 1.40. The van der Waals surface area contributed by atoms with Crippen LogP contribution in [-0.2, 0) is 0 Å². The number of nitrogens with two attached hydrogens (primary N) is 1. The maximum atomic E-state index is 12.0. The molecule has 0 spiro atoms. The molecule has 72 valence electrons. The van der Waals surface area contributed by atoms with E-state index in [2.05, 4.69) is 4.99 Å². The standard InChI is InChI=1S/C5H8F3N3.ClH/c6-5(7,8)11-3-1-2-10-4(11)9;/h1-3H2,(H2,9,10);1H. The molecule has 1 aliphatic heterocycles.